The number of nitrogens with one attached hydrogen (secondary N) is 3. The van der Waals surface area contributed by atoms with Gasteiger partial charge < -0.3 is 15.4 Å². The van der Waals surface area contributed by atoms with Crippen LogP contribution in [0.3, 0.4) is 0 Å². The predicted molar refractivity (Wildman–Crippen MR) is 74.1 cm³/mol. The average Bonchev–Trinajstić information content (AvgIpc) is 2.36. The van der Waals surface area contributed by atoms with Gasteiger partial charge in [0.15, 0.2) is 11.6 Å². The Morgan fingerprint density at radius 3 is 2.53 bits per heavy atom. The molecule has 0 spiro atoms. The summed E-state index contributed by atoms with van der Waals surface area (Å²) in [6.07, 6.45) is 3.19. The van der Waals surface area contributed by atoms with Crippen LogP contribution < -0.4 is 20.1 Å². The fourth-order valence-electron chi connectivity index (χ4n) is 1.42. The topological polar surface area (TPSA) is 105 Å². The predicted octanol–water partition coefficient (Wildman–Crippen LogP) is -0.122. The van der Waals surface area contributed by atoms with Gasteiger partial charge in [-0.2, -0.15) is 0 Å². The van der Waals surface area contributed by atoms with Crippen LogP contribution in [0.25, 0.3) is 0 Å². The molecule has 108 valence electrons. The van der Waals surface area contributed by atoms with Gasteiger partial charge in [0.1, 0.15) is 6.33 Å². The van der Waals surface area contributed by atoms with Crippen LogP contribution in [-0.4, -0.2) is 51.9 Å². The van der Waals surface area contributed by atoms with Crippen LogP contribution in [-0.2, 0) is 10.0 Å². The first kappa shape index (κ1) is 15.4. The van der Waals surface area contributed by atoms with Crippen molar-refractivity contribution < 1.29 is 13.2 Å². The van der Waals surface area contributed by atoms with Crippen LogP contribution >= 0.6 is 0 Å². The van der Waals surface area contributed by atoms with E-state index < -0.39 is 10.0 Å². The first-order valence-corrected chi connectivity index (χ1v) is 7.62. The maximum absolute atomic E-state index is 10.9. The van der Waals surface area contributed by atoms with E-state index >= 15 is 0 Å². The Bertz CT molecular complexity index is 506. The minimum absolute atomic E-state index is 0.373. The summed E-state index contributed by atoms with van der Waals surface area (Å²) in [5, 5.41) is 5.97. The summed E-state index contributed by atoms with van der Waals surface area (Å²) >= 11 is 0. The molecule has 0 aromatic carbocycles. The second-order valence-electron chi connectivity index (χ2n) is 3.80. The second kappa shape index (κ2) is 7.10. The molecule has 1 aromatic rings. The SMILES string of the molecule is CNc1ncnc(NCCCNS(C)(=O)=O)c1OC. The van der Waals surface area contributed by atoms with E-state index in [2.05, 4.69) is 25.3 Å². The highest BCUT2D eigenvalue weighted by Gasteiger charge is 2.10. The minimum Gasteiger partial charge on any atom is -0.490 e. The van der Waals surface area contributed by atoms with Crippen LogP contribution in [0.15, 0.2) is 6.33 Å². The monoisotopic (exact) mass is 289 g/mol. The van der Waals surface area contributed by atoms with Crippen LogP contribution in [0.2, 0.25) is 0 Å². The summed E-state index contributed by atoms with van der Waals surface area (Å²) in [5.41, 5.74) is 0. The Morgan fingerprint density at radius 2 is 1.95 bits per heavy atom. The zero-order valence-corrected chi connectivity index (χ0v) is 12.0. The second-order valence-corrected chi connectivity index (χ2v) is 5.63. The first-order valence-electron chi connectivity index (χ1n) is 5.73. The van der Waals surface area contributed by atoms with Gasteiger partial charge in [-0.05, 0) is 6.42 Å². The van der Waals surface area contributed by atoms with Crippen molar-refractivity contribution in [3.05, 3.63) is 6.33 Å². The fraction of sp³-hybridized carbons (Fsp3) is 0.600. The number of sulfonamides is 1. The molecule has 1 heterocycles. The van der Waals surface area contributed by atoms with Gasteiger partial charge in [-0.1, -0.05) is 0 Å². The molecule has 0 aliphatic rings. The highest BCUT2D eigenvalue weighted by atomic mass is 32.2. The van der Waals surface area contributed by atoms with E-state index in [1.165, 1.54) is 13.4 Å². The van der Waals surface area contributed by atoms with Crippen molar-refractivity contribution in [3.63, 3.8) is 0 Å². The molecular weight excluding hydrogens is 270 g/mol. The molecule has 0 fully saturated rings. The molecule has 0 saturated heterocycles. The van der Waals surface area contributed by atoms with Crippen molar-refractivity contribution in [2.45, 2.75) is 6.42 Å². The molecule has 3 N–H and O–H groups in total. The first-order chi connectivity index (χ1) is 8.98. The number of hydrogen-bond donors (Lipinski definition) is 3. The maximum atomic E-state index is 10.9. The van der Waals surface area contributed by atoms with E-state index in [1.807, 2.05) is 0 Å². The summed E-state index contributed by atoms with van der Waals surface area (Å²) < 4.78 is 29.4. The van der Waals surface area contributed by atoms with Crippen molar-refractivity contribution >= 4 is 21.7 Å². The lowest BCUT2D eigenvalue weighted by Gasteiger charge is -2.12. The van der Waals surface area contributed by atoms with Crippen LogP contribution in [0.4, 0.5) is 11.6 Å². The molecule has 1 aromatic heterocycles. The molecule has 8 nitrogen and oxygen atoms in total. The fourth-order valence-corrected chi connectivity index (χ4v) is 1.94. The molecule has 0 amide bonds. The third-order valence-electron chi connectivity index (χ3n) is 2.25. The number of aromatic nitrogens is 2. The Kier molecular flexibility index (Phi) is 5.77. The number of rotatable bonds is 8. The normalized spacial score (nSPS) is 11.1. The highest BCUT2D eigenvalue weighted by molar-refractivity contribution is 7.88. The Hall–Kier alpha value is -1.61. The van der Waals surface area contributed by atoms with Crippen LogP contribution in [0.1, 0.15) is 6.42 Å². The number of hydrogen-bond acceptors (Lipinski definition) is 7. The quantitative estimate of drug-likeness (QED) is 0.573. The van der Waals surface area contributed by atoms with Crippen molar-refractivity contribution in [1.82, 2.24) is 14.7 Å². The van der Waals surface area contributed by atoms with Gasteiger partial charge in [-0.25, -0.2) is 23.1 Å². The molecule has 0 bridgehead atoms. The molecule has 1 rings (SSSR count). The molecule has 0 aliphatic heterocycles. The zero-order valence-electron chi connectivity index (χ0n) is 11.2. The van der Waals surface area contributed by atoms with E-state index in [0.29, 0.717) is 36.9 Å². The summed E-state index contributed by atoms with van der Waals surface area (Å²) in [5.74, 6) is 1.69. The van der Waals surface area contributed by atoms with Gasteiger partial charge in [-0.3, -0.25) is 0 Å². The zero-order chi connectivity index (χ0) is 14.3. The molecule has 19 heavy (non-hydrogen) atoms. The van der Waals surface area contributed by atoms with Crippen LogP contribution in [0.5, 0.6) is 5.75 Å². The third-order valence-corrected chi connectivity index (χ3v) is 2.98. The summed E-state index contributed by atoms with van der Waals surface area (Å²) in [6.45, 7) is 0.942. The lowest BCUT2D eigenvalue weighted by molar-refractivity contribution is 0.415. The van der Waals surface area contributed by atoms with Gasteiger partial charge in [0, 0.05) is 20.1 Å². The van der Waals surface area contributed by atoms with E-state index in [0.717, 1.165) is 6.26 Å². The summed E-state index contributed by atoms with van der Waals surface area (Å²) in [7, 11) is 0.148. The molecule has 9 heteroatoms. The molecular formula is C10H19N5O3S. The Morgan fingerprint density at radius 1 is 1.26 bits per heavy atom. The lowest BCUT2D eigenvalue weighted by Crippen LogP contribution is -2.24. The molecule has 0 radical (unpaired) electrons. The maximum Gasteiger partial charge on any atom is 0.208 e. The van der Waals surface area contributed by atoms with Crippen molar-refractivity contribution in [3.8, 4) is 5.75 Å². The van der Waals surface area contributed by atoms with Crippen molar-refractivity contribution in [2.24, 2.45) is 0 Å². The summed E-state index contributed by atoms with van der Waals surface area (Å²) in [4.78, 5) is 8.11. The molecule has 0 unspecified atom stereocenters. The van der Waals surface area contributed by atoms with E-state index in [-0.39, 0.29) is 0 Å². The Balaban J connectivity index is 2.49. The van der Waals surface area contributed by atoms with Gasteiger partial charge in [0.2, 0.25) is 15.8 Å². The van der Waals surface area contributed by atoms with E-state index in [1.54, 1.807) is 7.05 Å². The molecule has 0 saturated carbocycles. The molecule has 0 aliphatic carbocycles. The van der Waals surface area contributed by atoms with Gasteiger partial charge in [-0.15, -0.1) is 0 Å². The molecule has 0 atom stereocenters. The van der Waals surface area contributed by atoms with Crippen LogP contribution in [0, 0.1) is 0 Å². The minimum atomic E-state index is -3.13. The van der Waals surface area contributed by atoms with Gasteiger partial charge in [0.25, 0.3) is 0 Å². The number of methoxy groups -OCH3 is 1. The van der Waals surface area contributed by atoms with E-state index in [9.17, 15) is 8.42 Å². The number of nitrogens with zero attached hydrogens (tertiary/aromatic N) is 2. The number of ether oxygens (including phenoxy) is 1. The lowest BCUT2D eigenvalue weighted by atomic mass is 10.4. The summed E-state index contributed by atoms with van der Waals surface area (Å²) in [6, 6.07) is 0. The van der Waals surface area contributed by atoms with E-state index in [4.69, 9.17) is 4.74 Å². The largest absolute Gasteiger partial charge is 0.490 e. The highest BCUT2D eigenvalue weighted by Crippen LogP contribution is 2.28. The Labute approximate surface area is 113 Å². The van der Waals surface area contributed by atoms with Gasteiger partial charge in [0.05, 0.1) is 13.4 Å². The number of anilines is 2. The van der Waals surface area contributed by atoms with Crippen molar-refractivity contribution in [2.75, 3.05) is 44.1 Å². The van der Waals surface area contributed by atoms with Gasteiger partial charge >= 0.3 is 0 Å². The van der Waals surface area contributed by atoms with Crippen molar-refractivity contribution in [1.29, 1.82) is 0 Å². The average molecular weight is 289 g/mol. The standard InChI is InChI=1S/C10H19N5O3S/c1-11-9-8(18-2)10(14-7-13-9)12-5-4-6-15-19(3,16)17/h7,15H,4-6H2,1-3H3,(H2,11,12,13,14). The smallest absolute Gasteiger partial charge is 0.208 e. The third kappa shape index (κ3) is 5.26.